The topological polar surface area (TPSA) is 58.9 Å². The first-order chi connectivity index (χ1) is 5.13. The third-order valence-electron chi connectivity index (χ3n) is 1.02. The molecule has 0 aliphatic carbocycles. The number of halogens is 1. The van der Waals surface area contributed by atoms with Gasteiger partial charge in [-0.25, -0.2) is 0 Å². The number of carbonyl (C=O) groups excluding carboxylic acids is 1. The van der Waals surface area contributed by atoms with Crippen molar-refractivity contribution < 1.29 is 14.7 Å². The van der Waals surface area contributed by atoms with Crippen LogP contribution >= 0.6 is 15.9 Å². The maximum absolute atomic E-state index is 10.9. The van der Waals surface area contributed by atoms with E-state index >= 15 is 0 Å². The van der Waals surface area contributed by atoms with Crippen LogP contribution < -0.4 is 0 Å². The zero-order valence-electron chi connectivity index (χ0n) is 6.37. The molecule has 0 aromatic carbocycles. The van der Waals surface area contributed by atoms with Crippen LogP contribution in [0.1, 0.15) is 13.8 Å². The van der Waals surface area contributed by atoms with Crippen molar-refractivity contribution in [2.24, 2.45) is 5.16 Å². The van der Waals surface area contributed by atoms with Gasteiger partial charge >= 0.3 is 5.97 Å². The zero-order chi connectivity index (χ0) is 8.85. The van der Waals surface area contributed by atoms with Crippen LogP contribution in [0.4, 0.5) is 0 Å². The Hall–Kier alpha value is -0.580. The second-order valence-electron chi connectivity index (χ2n) is 1.86. The standard InChI is InChI=1S/C6H10BrNO3/c1-3-11-6(9)5(7)4(2)8-10/h5,10H,3H2,1-2H3/b8-4-. The lowest BCUT2D eigenvalue weighted by atomic mass is 10.3. The molecule has 64 valence electrons. The van der Waals surface area contributed by atoms with Gasteiger partial charge in [0.25, 0.3) is 0 Å². The van der Waals surface area contributed by atoms with Crippen LogP contribution in [-0.4, -0.2) is 28.3 Å². The molecule has 0 aromatic heterocycles. The highest BCUT2D eigenvalue weighted by Gasteiger charge is 2.19. The normalized spacial score (nSPS) is 14.3. The summed E-state index contributed by atoms with van der Waals surface area (Å²) in [6, 6.07) is 0. The van der Waals surface area contributed by atoms with Crippen LogP contribution in [-0.2, 0) is 9.53 Å². The SMILES string of the molecule is CCOC(=O)C(Br)/C(C)=N\O. The minimum Gasteiger partial charge on any atom is -0.465 e. The largest absolute Gasteiger partial charge is 0.465 e. The fourth-order valence-electron chi connectivity index (χ4n) is 0.437. The van der Waals surface area contributed by atoms with Crippen molar-refractivity contribution in [3.8, 4) is 0 Å². The maximum Gasteiger partial charge on any atom is 0.325 e. The Morgan fingerprint density at radius 1 is 1.82 bits per heavy atom. The number of alkyl halides is 1. The van der Waals surface area contributed by atoms with E-state index in [9.17, 15) is 4.79 Å². The van der Waals surface area contributed by atoms with Crippen LogP contribution in [0.15, 0.2) is 5.16 Å². The average Bonchev–Trinajstić information content (AvgIpc) is 2.02. The molecule has 0 rings (SSSR count). The third-order valence-corrected chi connectivity index (χ3v) is 2.05. The molecule has 0 aliphatic rings. The van der Waals surface area contributed by atoms with Crippen molar-refractivity contribution in [2.45, 2.75) is 18.7 Å². The van der Waals surface area contributed by atoms with Crippen LogP contribution in [0.2, 0.25) is 0 Å². The molecule has 1 N–H and O–H groups in total. The summed E-state index contributed by atoms with van der Waals surface area (Å²) in [4.78, 5) is 10.2. The Morgan fingerprint density at radius 3 is 2.73 bits per heavy atom. The molecule has 1 atom stereocenters. The smallest absolute Gasteiger partial charge is 0.325 e. The van der Waals surface area contributed by atoms with Crippen molar-refractivity contribution in [3.63, 3.8) is 0 Å². The second kappa shape index (κ2) is 5.12. The first-order valence-electron chi connectivity index (χ1n) is 3.12. The number of ether oxygens (including phenoxy) is 1. The molecule has 0 radical (unpaired) electrons. The van der Waals surface area contributed by atoms with E-state index in [-0.39, 0.29) is 5.71 Å². The van der Waals surface area contributed by atoms with Gasteiger partial charge in [-0.1, -0.05) is 21.1 Å². The molecule has 4 nitrogen and oxygen atoms in total. The average molecular weight is 224 g/mol. The van der Waals surface area contributed by atoms with Gasteiger partial charge < -0.3 is 9.94 Å². The van der Waals surface area contributed by atoms with E-state index in [0.717, 1.165) is 0 Å². The van der Waals surface area contributed by atoms with Crippen molar-refractivity contribution in [3.05, 3.63) is 0 Å². The van der Waals surface area contributed by atoms with Gasteiger partial charge in [-0.15, -0.1) is 0 Å². The van der Waals surface area contributed by atoms with Crippen molar-refractivity contribution in [2.75, 3.05) is 6.61 Å². The molecule has 11 heavy (non-hydrogen) atoms. The molecule has 0 saturated heterocycles. The summed E-state index contributed by atoms with van der Waals surface area (Å²) in [5, 5.41) is 11.1. The fraction of sp³-hybridized carbons (Fsp3) is 0.667. The van der Waals surface area contributed by atoms with Crippen LogP contribution in [0.5, 0.6) is 0 Å². The van der Waals surface area contributed by atoms with Crippen LogP contribution in [0.3, 0.4) is 0 Å². The highest BCUT2D eigenvalue weighted by atomic mass is 79.9. The molecule has 5 heteroatoms. The molecular formula is C6H10BrNO3. The number of oxime groups is 1. The molecule has 0 aromatic rings. The van der Waals surface area contributed by atoms with Gasteiger partial charge in [0.05, 0.1) is 12.3 Å². The summed E-state index contributed by atoms with van der Waals surface area (Å²) >= 11 is 3.00. The van der Waals surface area contributed by atoms with Crippen LogP contribution in [0, 0.1) is 0 Å². The molecule has 0 amide bonds. The summed E-state index contributed by atoms with van der Waals surface area (Å²) in [6.07, 6.45) is 0. The highest BCUT2D eigenvalue weighted by Crippen LogP contribution is 2.04. The Kier molecular flexibility index (Phi) is 4.85. The summed E-state index contributed by atoms with van der Waals surface area (Å²) in [6.45, 7) is 3.55. The first-order valence-corrected chi connectivity index (χ1v) is 4.04. The molecular weight excluding hydrogens is 214 g/mol. The molecule has 0 bridgehead atoms. The quantitative estimate of drug-likeness (QED) is 0.257. The van der Waals surface area contributed by atoms with Crippen molar-refractivity contribution in [1.29, 1.82) is 0 Å². The monoisotopic (exact) mass is 223 g/mol. The number of esters is 1. The Balaban J connectivity index is 4.02. The van der Waals surface area contributed by atoms with Gasteiger partial charge in [-0.05, 0) is 13.8 Å². The predicted molar refractivity (Wildman–Crippen MR) is 44.2 cm³/mol. The molecule has 0 aliphatic heterocycles. The maximum atomic E-state index is 10.9. The van der Waals surface area contributed by atoms with Gasteiger partial charge in [0.1, 0.15) is 0 Å². The summed E-state index contributed by atoms with van der Waals surface area (Å²) < 4.78 is 4.65. The lowest BCUT2D eigenvalue weighted by molar-refractivity contribution is -0.140. The van der Waals surface area contributed by atoms with Crippen molar-refractivity contribution >= 4 is 27.6 Å². The molecule has 0 fully saturated rings. The summed E-state index contributed by atoms with van der Waals surface area (Å²) in [5.74, 6) is -0.442. The molecule has 0 heterocycles. The fourth-order valence-corrected chi connectivity index (χ4v) is 0.660. The summed E-state index contributed by atoms with van der Waals surface area (Å²) in [5.41, 5.74) is 0.281. The van der Waals surface area contributed by atoms with E-state index < -0.39 is 10.8 Å². The zero-order valence-corrected chi connectivity index (χ0v) is 7.96. The number of nitrogens with zero attached hydrogens (tertiary/aromatic N) is 1. The van der Waals surface area contributed by atoms with Gasteiger partial charge in [-0.2, -0.15) is 0 Å². The van der Waals surface area contributed by atoms with Gasteiger partial charge in [0.15, 0.2) is 4.83 Å². The Morgan fingerprint density at radius 2 is 2.36 bits per heavy atom. The van der Waals surface area contributed by atoms with Crippen molar-refractivity contribution in [1.82, 2.24) is 0 Å². The predicted octanol–water partition coefficient (Wildman–Crippen LogP) is 1.16. The summed E-state index contributed by atoms with van der Waals surface area (Å²) in [7, 11) is 0. The molecule has 0 spiro atoms. The van der Waals surface area contributed by atoms with Crippen LogP contribution in [0.25, 0.3) is 0 Å². The lowest BCUT2D eigenvalue weighted by Crippen LogP contribution is -2.24. The third kappa shape index (κ3) is 3.36. The van der Waals surface area contributed by atoms with E-state index in [1.54, 1.807) is 6.92 Å². The Labute approximate surface area is 73.4 Å². The van der Waals surface area contributed by atoms with Gasteiger partial charge in [0, 0.05) is 0 Å². The Bertz CT molecular complexity index is 169. The van der Waals surface area contributed by atoms with E-state index in [0.29, 0.717) is 6.61 Å². The number of hydrogen-bond acceptors (Lipinski definition) is 4. The molecule has 1 unspecified atom stereocenters. The minimum absolute atomic E-state index is 0.281. The van der Waals surface area contributed by atoms with Gasteiger partial charge in [-0.3, -0.25) is 4.79 Å². The van der Waals surface area contributed by atoms with E-state index in [2.05, 4.69) is 25.8 Å². The van der Waals surface area contributed by atoms with E-state index in [1.165, 1.54) is 6.92 Å². The van der Waals surface area contributed by atoms with Gasteiger partial charge in [0.2, 0.25) is 0 Å². The lowest BCUT2D eigenvalue weighted by Gasteiger charge is -2.05. The number of hydrogen-bond donors (Lipinski definition) is 1. The number of rotatable bonds is 3. The van der Waals surface area contributed by atoms with E-state index in [4.69, 9.17) is 5.21 Å². The first kappa shape index (κ1) is 10.4. The minimum atomic E-state index is -0.646. The van der Waals surface area contributed by atoms with E-state index in [1.807, 2.05) is 0 Å². The molecule has 0 saturated carbocycles. The second-order valence-corrected chi connectivity index (χ2v) is 2.77. The highest BCUT2D eigenvalue weighted by molar-refractivity contribution is 9.10. The number of carbonyl (C=O) groups is 1.